The van der Waals surface area contributed by atoms with E-state index in [1.807, 2.05) is 6.07 Å². The zero-order chi connectivity index (χ0) is 20.1. The molecule has 0 radical (unpaired) electrons. The lowest BCUT2D eigenvalue weighted by Crippen LogP contribution is -2.49. The molecule has 148 valence electrons. The van der Waals surface area contributed by atoms with Gasteiger partial charge in [0.25, 0.3) is 11.6 Å². The minimum absolute atomic E-state index is 0.0877. The monoisotopic (exact) mass is 387 g/mol. The fraction of sp³-hybridized carbons (Fsp3) is 0.350. The maximum Gasteiger partial charge on any atom is 0.272 e. The van der Waals surface area contributed by atoms with E-state index < -0.39 is 0 Å². The molecular weight excluding hydrogens is 365 g/mol. The predicted octanol–water partition coefficient (Wildman–Crippen LogP) is 2.77. The molecule has 0 unspecified atom stereocenters. The molecule has 0 saturated carbocycles. The molecule has 1 aliphatic rings. The fourth-order valence-corrected chi connectivity index (χ4v) is 3.20. The maximum absolute atomic E-state index is 12.9. The summed E-state index contributed by atoms with van der Waals surface area (Å²) >= 11 is 0. The first-order valence-corrected chi connectivity index (χ1v) is 9.05. The standard InChI is InChI=1S/C20H22FN3O4/c1-15-16(3-2-4-19(15)24(26)27)13-22-9-11-23(12-10-22)20(25)14-28-18-7-5-17(21)6-8-18/h2-8H,9-14H2,1H3. The van der Waals surface area contributed by atoms with E-state index in [9.17, 15) is 19.3 Å². The Morgan fingerprint density at radius 3 is 2.46 bits per heavy atom. The van der Waals surface area contributed by atoms with Crippen LogP contribution in [0.25, 0.3) is 0 Å². The molecule has 0 spiro atoms. The Hall–Kier alpha value is -3.00. The summed E-state index contributed by atoms with van der Waals surface area (Å²) in [6, 6.07) is 10.7. The number of hydrogen-bond donors (Lipinski definition) is 0. The molecule has 1 saturated heterocycles. The first kappa shape index (κ1) is 19.8. The number of ether oxygens (including phenoxy) is 1. The molecule has 2 aromatic carbocycles. The molecule has 8 heteroatoms. The summed E-state index contributed by atoms with van der Waals surface area (Å²) in [4.78, 5) is 26.9. The molecule has 1 amide bonds. The third-order valence-corrected chi connectivity index (χ3v) is 4.91. The van der Waals surface area contributed by atoms with Gasteiger partial charge in [-0.3, -0.25) is 19.8 Å². The Morgan fingerprint density at radius 1 is 1.14 bits per heavy atom. The topological polar surface area (TPSA) is 75.9 Å². The summed E-state index contributed by atoms with van der Waals surface area (Å²) in [6.07, 6.45) is 0. The van der Waals surface area contributed by atoms with Crippen molar-refractivity contribution < 1.29 is 18.8 Å². The molecule has 28 heavy (non-hydrogen) atoms. The highest BCUT2D eigenvalue weighted by Gasteiger charge is 2.23. The van der Waals surface area contributed by atoms with Crippen molar-refractivity contribution in [2.24, 2.45) is 0 Å². The Morgan fingerprint density at radius 2 is 1.82 bits per heavy atom. The van der Waals surface area contributed by atoms with Crippen LogP contribution in [-0.2, 0) is 11.3 Å². The summed E-state index contributed by atoms with van der Waals surface area (Å²) < 4.78 is 18.3. The number of benzene rings is 2. The van der Waals surface area contributed by atoms with Crippen LogP contribution in [0.3, 0.4) is 0 Å². The van der Waals surface area contributed by atoms with Crippen LogP contribution < -0.4 is 4.74 Å². The number of amides is 1. The molecule has 3 rings (SSSR count). The van der Waals surface area contributed by atoms with Crippen LogP contribution in [0.15, 0.2) is 42.5 Å². The number of halogens is 1. The van der Waals surface area contributed by atoms with Crippen molar-refractivity contribution in [2.45, 2.75) is 13.5 Å². The van der Waals surface area contributed by atoms with Gasteiger partial charge in [-0.15, -0.1) is 0 Å². The summed E-state index contributed by atoms with van der Waals surface area (Å²) in [5.41, 5.74) is 1.73. The van der Waals surface area contributed by atoms with Gasteiger partial charge >= 0.3 is 0 Å². The Balaban J connectivity index is 1.49. The average Bonchev–Trinajstić information content (AvgIpc) is 2.69. The SMILES string of the molecule is Cc1c(CN2CCN(C(=O)COc3ccc(F)cc3)CC2)cccc1[N+](=O)[O-]. The largest absolute Gasteiger partial charge is 0.484 e. The highest BCUT2D eigenvalue weighted by atomic mass is 19.1. The molecule has 0 atom stereocenters. The molecule has 0 N–H and O–H groups in total. The fourth-order valence-electron chi connectivity index (χ4n) is 3.20. The second kappa shape index (κ2) is 8.79. The average molecular weight is 387 g/mol. The molecule has 1 aliphatic heterocycles. The number of nitrogens with zero attached hydrogens (tertiary/aromatic N) is 3. The molecule has 2 aromatic rings. The highest BCUT2D eigenvalue weighted by Crippen LogP contribution is 2.22. The summed E-state index contributed by atoms with van der Waals surface area (Å²) in [5.74, 6) is -0.0150. The lowest BCUT2D eigenvalue weighted by atomic mass is 10.1. The number of nitro benzene ring substituents is 1. The number of piperazine rings is 1. The van der Waals surface area contributed by atoms with Crippen LogP contribution in [-0.4, -0.2) is 53.4 Å². The number of rotatable bonds is 6. The molecular formula is C20H22FN3O4. The minimum atomic E-state index is -0.365. The van der Waals surface area contributed by atoms with Crippen molar-refractivity contribution in [3.63, 3.8) is 0 Å². The summed E-state index contributed by atoms with van der Waals surface area (Å²) in [5, 5.41) is 11.1. The second-order valence-corrected chi connectivity index (χ2v) is 6.72. The van der Waals surface area contributed by atoms with Gasteiger partial charge in [-0.1, -0.05) is 12.1 Å². The van der Waals surface area contributed by atoms with Gasteiger partial charge in [0.05, 0.1) is 4.92 Å². The lowest BCUT2D eigenvalue weighted by molar-refractivity contribution is -0.385. The van der Waals surface area contributed by atoms with E-state index in [2.05, 4.69) is 4.90 Å². The molecule has 1 fully saturated rings. The lowest BCUT2D eigenvalue weighted by Gasteiger charge is -2.34. The minimum Gasteiger partial charge on any atom is -0.484 e. The van der Waals surface area contributed by atoms with Crippen LogP contribution >= 0.6 is 0 Å². The third kappa shape index (κ3) is 4.83. The van der Waals surface area contributed by atoms with E-state index in [1.54, 1.807) is 17.9 Å². The Bertz CT molecular complexity index is 849. The maximum atomic E-state index is 12.9. The zero-order valence-electron chi connectivity index (χ0n) is 15.6. The van der Waals surface area contributed by atoms with Crippen LogP contribution in [0, 0.1) is 22.9 Å². The van der Waals surface area contributed by atoms with Crippen molar-refractivity contribution >= 4 is 11.6 Å². The quantitative estimate of drug-likeness (QED) is 0.563. The molecule has 0 bridgehead atoms. The molecule has 0 aliphatic carbocycles. The summed E-state index contributed by atoms with van der Waals surface area (Å²) in [6.45, 7) is 4.80. The van der Waals surface area contributed by atoms with Gasteiger partial charge in [-0.25, -0.2) is 4.39 Å². The highest BCUT2D eigenvalue weighted by molar-refractivity contribution is 5.77. The first-order valence-electron chi connectivity index (χ1n) is 9.05. The number of hydrogen-bond acceptors (Lipinski definition) is 5. The van der Waals surface area contributed by atoms with Crippen LogP contribution in [0.2, 0.25) is 0 Å². The van der Waals surface area contributed by atoms with Gasteiger partial charge in [-0.2, -0.15) is 0 Å². The van der Waals surface area contributed by atoms with Crippen molar-refractivity contribution in [2.75, 3.05) is 32.8 Å². The number of nitro groups is 1. The zero-order valence-corrected chi connectivity index (χ0v) is 15.6. The van der Waals surface area contributed by atoms with Gasteiger partial charge in [0, 0.05) is 44.4 Å². The third-order valence-electron chi connectivity index (χ3n) is 4.91. The van der Waals surface area contributed by atoms with E-state index in [1.165, 1.54) is 30.3 Å². The smallest absolute Gasteiger partial charge is 0.272 e. The summed E-state index contributed by atoms with van der Waals surface area (Å²) in [7, 11) is 0. The van der Waals surface area contributed by atoms with Gasteiger partial charge < -0.3 is 9.64 Å². The normalized spacial score (nSPS) is 14.7. The number of carbonyl (C=O) groups is 1. The van der Waals surface area contributed by atoms with Gasteiger partial charge in [-0.05, 0) is 36.8 Å². The van der Waals surface area contributed by atoms with Crippen molar-refractivity contribution in [3.8, 4) is 5.75 Å². The predicted molar refractivity (Wildman–Crippen MR) is 102 cm³/mol. The second-order valence-electron chi connectivity index (χ2n) is 6.72. The van der Waals surface area contributed by atoms with Gasteiger partial charge in [0.15, 0.2) is 6.61 Å². The Kier molecular flexibility index (Phi) is 6.20. The van der Waals surface area contributed by atoms with Gasteiger partial charge in [0.2, 0.25) is 0 Å². The van der Waals surface area contributed by atoms with Crippen molar-refractivity contribution in [1.29, 1.82) is 0 Å². The van der Waals surface area contributed by atoms with Crippen molar-refractivity contribution in [3.05, 3.63) is 69.5 Å². The van der Waals surface area contributed by atoms with Crippen LogP contribution in [0.5, 0.6) is 5.75 Å². The van der Waals surface area contributed by atoms with E-state index in [0.29, 0.717) is 44.0 Å². The van der Waals surface area contributed by atoms with Crippen molar-refractivity contribution in [1.82, 2.24) is 9.80 Å². The van der Waals surface area contributed by atoms with Crippen LogP contribution in [0.4, 0.5) is 10.1 Å². The first-order chi connectivity index (χ1) is 13.4. The van der Waals surface area contributed by atoms with E-state index >= 15 is 0 Å². The van der Waals surface area contributed by atoms with Crippen LogP contribution in [0.1, 0.15) is 11.1 Å². The van der Waals surface area contributed by atoms with E-state index in [4.69, 9.17) is 4.74 Å². The molecule has 1 heterocycles. The van der Waals surface area contributed by atoms with Gasteiger partial charge in [0.1, 0.15) is 11.6 Å². The number of carbonyl (C=O) groups excluding carboxylic acids is 1. The molecule has 0 aromatic heterocycles. The van der Waals surface area contributed by atoms with E-state index in [0.717, 1.165) is 5.56 Å². The van der Waals surface area contributed by atoms with E-state index in [-0.39, 0.29) is 28.9 Å². The molecule has 7 nitrogen and oxygen atoms in total. The Labute approximate surface area is 162 Å².